The van der Waals surface area contributed by atoms with Crippen molar-refractivity contribution < 1.29 is 19.4 Å². The van der Waals surface area contributed by atoms with Crippen LogP contribution in [0.3, 0.4) is 0 Å². The summed E-state index contributed by atoms with van der Waals surface area (Å²) >= 11 is 0. The molecule has 3 atom stereocenters. The molecule has 2 saturated heterocycles. The lowest BCUT2D eigenvalue weighted by Gasteiger charge is -2.48. The van der Waals surface area contributed by atoms with Crippen molar-refractivity contribution in [2.75, 3.05) is 59.0 Å². The van der Waals surface area contributed by atoms with Gasteiger partial charge in [0, 0.05) is 69.9 Å². The number of carbonyl (C=O) groups is 2. The Kier molecular flexibility index (Phi) is 10.8. The molecule has 1 unspecified atom stereocenters. The van der Waals surface area contributed by atoms with Gasteiger partial charge in [-0.05, 0) is 94.3 Å². The van der Waals surface area contributed by atoms with Gasteiger partial charge in [0.25, 0.3) is 5.91 Å². The molecule has 2 aromatic rings. The molecule has 3 aliphatic rings. The van der Waals surface area contributed by atoms with Crippen molar-refractivity contribution in [1.82, 2.24) is 19.6 Å². The molecule has 0 spiro atoms. The largest absolute Gasteiger partial charge is 0.508 e. The summed E-state index contributed by atoms with van der Waals surface area (Å²) in [5.41, 5.74) is 2.86. The summed E-state index contributed by atoms with van der Waals surface area (Å²) in [5, 5.41) is 10.4. The van der Waals surface area contributed by atoms with E-state index >= 15 is 0 Å². The highest BCUT2D eigenvalue weighted by molar-refractivity contribution is 5.94. The van der Waals surface area contributed by atoms with E-state index in [-0.39, 0.29) is 23.7 Å². The van der Waals surface area contributed by atoms with Crippen molar-refractivity contribution in [2.45, 2.75) is 71.0 Å². The van der Waals surface area contributed by atoms with Gasteiger partial charge in [-0.2, -0.15) is 0 Å². The number of nitrogens with zero attached hydrogens (tertiary/aromatic N) is 4. The van der Waals surface area contributed by atoms with Crippen LogP contribution in [0.15, 0.2) is 48.5 Å². The minimum Gasteiger partial charge on any atom is -0.508 e. The molecule has 1 saturated carbocycles. The predicted octanol–water partition coefficient (Wildman–Crippen LogP) is 4.78. The molecule has 2 heterocycles. The fourth-order valence-electron chi connectivity index (χ4n) is 6.78. The van der Waals surface area contributed by atoms with E-state index in [4.69, 9.17) is 4.74 Å². The zero-order chi connectivity index (χ0) is 30.3. The highest BCUT2D eigenvalue weighted by atomic mass is 16.5. The van der Waals surface area contributed by atoms with Crippen LogP contribution >= 0.6 is 0 Å². The number of ether oxygens (including phenoxy) is 1. The minimum atomic E-state index is -0.119. The van der Waals surface area contributed by atoms with Crippen molar-refractivity contribution in [3.8, 4) is 5.75 Å². The second-order valence-corrected chi connectivity index (χ2v) is 12.8. The van der Waals surface area contributed by atoms with Crippen LogP contribution in [0.2, 0.25) is 0 Å². The molecule has 8 heteroatoms. The average molecular weight is 591 g/mol. The van der Waals surface area contributed by atoms with Gasteiger partial charge in [0.05, 0.1) is 12.6 Å². The summed E-state index contributed by atoms with van der Waals surface area (Å²) in [7, 11) is 0. The number of hydrogen-bond acceptors (Lipinski definition) is 7. The normalized spacial score (nSPS) is 22.8. The Morgan fingerprint density at radius 2 is 1.65 bits per heavy atom. The summed E-state index contributed by atoms with van der Waals surface area (Å²) in [5.74, 6) is 1.09. The van der Waals surface area contributed by atoms with Crippen molar-refractivity contribution in [3.63, 3.8) is 0 Å². The number of unbranched alkanes of at least 4 members (excludes halogenated alkanes) is 1. The Morgan fingerprint density at radius 1 is 0.930 bits per heavy atom. The van der Waals surface area contributed by atoms with Gasteiger partial charge in [0.1, 0.15) is 5.75 Å². The summed E-state index contributed by atoms with van der Waals surface area (Å²) in [4.78, 5) is 34.9. The van der Waals surface area contributed by atoms with Crippen LogP contribution in [0.5, 0.6) is 5.75 Å². The lowest BCUT2D eigenvalue weighted by Crippen LogP contribution is -2.57. The molecule has 1 aliphatic carbocycles. The Hall–Kier alpha value is -2.94. The van der Waals surface area contributed by atoms with Crippen LogP contribution in [-0.2, 0) is 9.53 Å². The monoisotopic (exact) mass is 590 g/mol. The number of amides is 1. The molecule has 1 N–H and O–H groups in total. The van der Waals surface area contributed by atoms with Gasteiger partial charge in [-0.3, -0.25) is 24.3 Å². The van der Waals surface area contributed by atoms with E-state index in [0.29, 0.717) is 38.2 Å². The molecule has 2 aliphatic heterocycles. The first kappa shape index (κ1) is 31.5. The average Bonchev–Trinajstić information content (AvgIpc) is 3.82. The van der Waals surface area contributed by atoms with Gasteiger partial charge in [0.15, 0.2) is 0 Å². The van der Waals surface area contributed by atoms with Crippen LogP contribution in [0, 0.1) is 5.92 Å². The maximum Gasteiger partial charge on any atom is 0.305 e. The molecule has 1 amide bonds. The summed E-state index contributed by atoms with van der Waals surface area (Å²) in [6, 6.07) is 16.5. The van der Waals surface area contributed by atoms with E-state index in [9.17, 15) is 14.7 Å². The fourth-order valence-corrected chi connectivity index (χ4v) is 6.78. The number of esters is 1. The molecular formula is C35H50N4O4. The number of hydrogen-bond donors (Lipinski definition) is 1. The van der Waals surface area contributed by atoms with E-state index < -0.39 is 0 Å². The number of aromatic hydroxyl groups is 1. The van der Waals surface area contributed by atoms with Crippen LogP contribution in [0.1, 0.15) is 80.4 Å². The first-order valence-corrected chi connectivity index (χ1v) is 16.4. The molecule has 0 aromatic heterocycles. The van der Waals surface area contributed by atoms with Crippen LogP contribution < -0.4 is 0 Å². The van der Waals surface area contributed by atoms with Gasteiger partial charge in [-0.25, -0.2) is 0 Å². The lowest BCUT2D eigenvalue weighted by atomic mass is 9.92. The van der Waals surface area contributed by atoms with E-state index in [1.807, 2.05) is 36.1 Å². The topological polar surface area (TPSA) is 76.6 Å². The Morgan fingerprint density at radius 3 is 2.35 bits per heavy atom. The van der Waals surface area contributed by atoms with Crippen LogP contribution in [0.25, 0.3) is 0 Å². The highest BCUT2D eigenvalue weighted by Crippen LogP contribution is 2.37. The molecule has 0 bridgehead atoms. The van der Waals surface area contributed by atoms with E-state index in [2.05, 4.69) is 46.7 Å². The highest BCUT2D eigenvalue weighted by Gasteiger charge is 2.37. The zero-order valence-electron chi connectivity index (χ0n) is 26.3. The standard InChI is InChI=1S/C35H50N4O4/c1-4-43-33(41)13-5-6-16-36-17-19-37(20-18-36)35(42)31-11-7-9-29(21-31)34(30-10-8-12-32(40)22-30)39-24-26(2)38(23-27(39)3)25-28-14-15-28/h7-12,21-22,26-28,34,40H,4-6,13-20,23-25H2,1-3H3/t26-,27+,34?/m1/s1. The SMILES string of the molecule is CCOC(=O)CCCCN1CCN(C(=O)c2cccc(C(c3cccc(O)c3)N3C[C@@H](C)N(CC4CC4)C[C@@H]3C)c2)CC1. The van der Waals surface area contributed by atoms with Crippen LogP contribution in [-0.4, -0.2) is 108 Å². The maximum atomic E-state index is 13.7. The molecular weight excluding hydrogens is 540 g/mol. The molecule has 43 heavy (non-hydrogen) atoms. The van der Waals surface area contributed by atoms with Gasteiger partial charge in [-0.1, -0.05) is 24.3 Å². The number of carbonyl (C=O) groups excluding carboxylic acids is 2. The van der Waals surface area contributed by atoms with Gasteiger partial charge in [-0.15, -0.1) is 0 Å². The quantitative estimate of drug-likeness (QED) is 0.282. The van der Waals surface area contributed by atoms with E-state index in [1.165, 1.54) is 19.4 Å². The molecule has 8 nitrogen and oxygen atoms in total. The Balaban J connectivity index is 1.25. The van der Waals surface area contributed by atoms with Gasteiger partial charge < -0.3 is 14.7 Å². The number of piperazine rings is 2. The first-order chi connectivity index (χ1) is 20.8. The number of phenolic OH excluding ortho intramolecular Hbond substituents is 1. The van der Waals surface area contributed by atoms with E-state index in [1.54, 1.807) is 6.07 Å². The second-order valence-electron chi connectivity index (χ2n) is 12.8. The third-order valence-electron chi connectivity index (χ3n) is 9.39. The summed E-state index contributed by atoms with van der Waals surface area (Å²) in [6.45, 7) is 14.1. The number of phenols is 1. The van der Waals surface area contributed by atoms with Crippen molar-refractivity contribution in [1.29, 1.82) is 0 Å². The maximum absolute atomic E-state index is 13.7. The summed E-state index contributed by atoms with van der Waals surface area (Å²) in [6.07, 6.45) is 4.98. The van der Waals surface area contributed by atoms with Crippen molar-refractivity contribution in [2.24, 2.45) is 5.92 Å². The van der Waals surface area contributed by atoms with Gasteiger partial charge >= 0.3 is 5.97 Å². The van der Waals surface area contributed by atoms with E-state index in [0.717, 1.165) is 68.2 Å². The zero-order valence-corrected chi connectivity index (χ0v) is 26.3. The molecule has 234 valence electrons. The fraction of sp³-hybridized carbons (Fsp3) is 0.600. The molecule has 0 radical (unpaired) electrons. The minimum absolute atomic E-state index is 0.0492. The number of rotatable bonds is 12. The second kappa shape index (κ2) is 14.7. The Bertz CT molecular complexity index is 1230. The van der Waals surface area contributed by atoms with Crippen LogP contribution in [0.4, 0.5) is 0 Å². The van der Waals surface area contributed by atoms with Crippen molar-refractivity contribution >= 4 is 11.9 Å². The Labute approximate surface area is 257 Å². The molecule has 5 rings (SSSR count). The smallest absolute Gasteiger partial charge is 0.305 e. The first-order valence-electron chi connectivity index (χ1n) is 16.4. The predicted molar refractivity (Wildman–Crippen MR) is 169 cm³/mol. The third kappa shape index (κ3) is 8.37. The van der Waals surface area contributed by atoms with Gasteiger partial charge in [0.2, 0.25) is 0 Å². The van der Waals surface area contributed by atoms with Crippen molar-refractivity contribution in [3.05, 3.63) is 65.2 Å². The number of benzene rings is 2. The lowest BCUT2D eigenvalue weighted by molar-refractivity contribution is -0.143. The molecule has 3 fully saturated rings. The third-order valence-corrected chi connectivity index (χ3v) is 9.39. The molecule has 2 aromatic carbocycles. The summed E-state index contributed by atoms with van der Waals surface area (Å²) < 4.78 is 5.02.